The minimum absolute atomic E-state index is 0.120. The highest BCUT2D eigenvalue weighted by atomic mass is 33.1. The summed E-state index contributed by atoms with van der Waals surface area (Å²) in [6.45, 7) is 1.32. The van der Waals surface area contributed by atoms with Crippen molar-refractivity contribution in [3.63, 3.8) is 0 Å². The number of hydrogen-bond donors (Lipinski definition) is 6. The average Bonchev–Trinajstić information content (AvgIpc) is 3.11. The Balaban J connectivity index is 3.46. The summed E-state index contributed by atoms with van der Waals surface area (Å²) in [6.07, 6.45) is 33.5. The van der Waals surface area contributed by atoms with Crippen molar-refractivity contribution < 1.29 is 29.4 Å². The molecule has 0 aliphatic heterocycles. The first-order valence-electron chi connectivity index (χ1n) is 21.0. The van der Waals surface area contributed by atoms with Crippen LogP contribution in [0.25, 0.3) is 0 Å². The Morgan fingerprint density at radius 1 is 0.385 bits per heavy atom. The number of nitrogens with one attached hydrogen (secondary N) is 2. The second-order valence-electron chi connectivity index (χ2n) is 14.6. The highest BCUT2D eigenvalue weighted by Gasteiger charge is 2.16. The predicted octanol–water partition coefficient (Wildman–Crippen LogP) is 9.13. The van der Waals surface area contributed by atoms with Gasteiger partial charge in [0.25, 0.3) is 0 Å². The molecule has 0 aliphatic rings. The highest BCUT2D eigenvalue weighted by molar-refractivity contribution is 8.76. The van der Waals surface area contributed by atoms with Gasteiger partial charge in [0.15, 0.2) is 0 Å². The summed E-state index contributed by atoms with van der Waals surface area (Å²) in [5.74, 6) is -0.650. The topological polar surface area (TPSA) is 185 Å². The molecule has 0 spiro atoms. The van der Waals surface area contributed by atoms with Gasteiger partial charge in [0.05, 0.1) is 12.1 Å². The number of nitrogens with two attached hydrogens (primary N) is 2. The van der Waals surface area contributed by atoms with Gasteiger partial charge in [0, 0.05) is 37.4 Å². The number of rotatable bonds is 41. The van der Waals surface area contributed by atoms with Crippen LogP contribution in [-0.4, -0.2) is 70.6 Å². The Morgan fingerprint density at radius 2 is 0.596 bits per heavy atom. The van der Waals surface area contributed by atoms with Gasteiger partial charge in [0.1, 0.15) is 0 Å². The van der Waals surface area contributed by atoms with Crippen molar-refractivity contribution in [3.8, 4) is 0 Å². The molecule has 0 saturated carbocycles. The second-order valence-corrected chi connectivity index (χ2v) is 17.1. The Kier molecular flexibility index (Phi) is 38.1. The van der Waals surface area contributed by atoms with Crippen LogP contribution in [0.1, 0.15) is 193 Å². The molecule has 0 aromatic heterocycles. The number of amides is 2. The molecule has 0 fully saturated rings. The molecule has 2 unspecified atom stereocenters. The van der Waals surface area contributed by atoms with E-state index in [9.17, 15) is 19.2 Å². The SMILES string of the molecule is NC(CSSCC(N)C(=O)NCCCCCCCCCCCCCCCCC(=O)O)C(=O)NCCCCCCCCCCCCCCCCC(=O)O. The standard InChI is InChI=1S/C40H78N4O6S2/c41-35(39(49)43-31-27-23-19-15-11-7-3-1-5-9-13-17-21-25-29-37(45)46)33-51-52-34-36(42)40(50)44-32-28-24-20-16-12-8-4-2-6-10-14-18-22-26-30-38(47)48/h35-36H,1-34,41-42H2,(H,43,49)(H,44,50)(H,45,46)(H,47,48). The third-order valence-corrected chi connectivity index (χ3v) is 12.0. The van der Waals surface area contributed by atoms with Crippen molar-refractivity contribution in [2.75, 3.05) is 24.6 Å². The quantitative estimate of drug-likeness (QED) is 0.0259. The van der Waals surface area contributed by atoms with Crippen molar-refractivity contribution in [3.05, 3.63) is 0 Å². The number of carbonyl (C=O) groups is 4. The first-order chi connectivity index (χ1) is 25.2. The molecular weight excluding hydrogens is 697 g/mol. The molecule has 10 nitrogen and oxygen atoms in total. The molecule has 2 atom stereocenters. The van der Waals surface area contributed by atoms with Gasteiger partial charge in [-0.25, -0.2) is 0 Å². The summed E-state index contributed by atoms with van der Waals surface area (Å²) < 4.78 is 0. The normalized spacial score (nSPS) is 12.4. The van der Waals surface area contributed by atoms with Gasteiger partial charge in [-0.1, -0.05) is 176 Å². The van der Waals surface area contributed by atoms with E-state index in [0.717, 1.165) is 64.2 Å². The molecule has 0 rings (SSSR count). The predicted molar refractivity (Wildman–Crippen MR) is 221 cm³/mol. The lowest BCUT2D eigenvalue weighted by atomic mass is 10.0. The minimum atomic E-state index is -0.686. The molecule has 0 saturated heterocycles. The number of unbranched alkanes of at least 4 members (excludes halogenated alkanes) is 26. The van der Waals surface area contributed by atoms with Gasteiger partial charge in [-0.05, 0) is 25.7 Å². The van der Waals surface area contributed by atoms with Crippen molar-refractivity contribution in [1.82, 2.24) is 10.6 Å². The molecule has 0 bridgehead atoms. The summed E-state index contributed by atoms with van der Waals surface area (Å²) in [5, 5.41) is 23.2. The van der Waals surface area contributed by atoms with Crippen molar-refractivity contribution in [2.45, 2.75) is 205 Å². The zero-order valence-corrected chi connectivity index (χ0v) is 34.3. The molecule has 0 aromatic carbocycles. The molecule has 52 heavy (non-hydrogen) atoms. The minimum Gasteiger partial charge on any atom is -0.481 e. The van der Waals surface area contributed by atoms with Gasteiger partial charge < -0.3 is 32.3 Å². The molecule has 2 amide bonds. The zero-order valence-electron chi connectivity index (χ0n) is 32.7. The van der Waals surface area contributed by atoms with Crippen LogP contribution < -0.4 is 22.1 Å². The van der Waals surface area contributed by atoms with Crippen LogP contribution in [0.15, 0.2) is 0 Å². The van der Waals surface area contributed by atoms with Crippen LogP contribution in [-0.2, 0) is 19.2 Å². The van der Waals surface area contributed by atoms with Crippen LogP contribution in [0.4, 0.5) is 0 Å². The Labute approximate surface area is 325 Å². The number of carboxylic acid groups (broad SMARTS) is 2. The number of carbonyl (C=O) groups excluding carboxylic acids is 2. The average molecular weight is 775 g/mol. The summed E-state index contributed by atoms with van der Waals surface area (Å²) >= 11 is 0. The van der Waals surface area contributed by atoms with E-state index in [1.165, 1.54) is 137 Å². The number of aliphatic carboxylic acids is 2. The maximum Gasteiger partial charge on any atom is 0.303 e. The molecule has 0 heterocycles. The fraction of sp³-hybridized carbons (Fsp3) is 0.900. The summed E-state index contributed by atoms with van der Waals surface area (Å²) in [6, 6.07) is -1.14. The first-order valence-corrected chi connectivity index (χ1v) is 23.5. The monoisotopic (exact) mass is 775 g/mol. The third kappa shape index (κ3) is 38.2. The zero-order chi connectivity index (χ0) is 38.3. The Bertz CT molecular complexity index is 802. The fourth-order valence-corrected chi connectivity index (χ4v) is 8.37. The van der Waals surface area contributed by atoms with E-state index in [-0.39, 0.29) is 11.8 Å². The van der Waals surface area contributed by atoms with E-state index in [2.05, 4.69) is 10.6 Å². The molecule has 0 radical (unpaired) electrons. The molecule has 306 valence electrons. The fourth-order valence-electron chi connectivity index (χ4n) is 6.12. The van der Waals surface area contributed by atoms with Crippen LogP contribution in [0.2, 0.25) is 0 Å². The number of carboxylic acids is 2. The summed E-state index contributed by atoms with van der Waals surface area (Å²) in [7, 11) is 2.98. The highest BCUT2D eigenvalue weighted by Crippen LogP contribution is 2.22. The first kappa shape index (κ1) is 50.5. The molecule has 8 N–H and O–H groups in total. The van der Waals surface area contributed by atoms with Crippen LogP contribution in [0.5, 0.6) is 0 Å². The van der Waals surface area contributed by atoms with Gasteiger partial charge in [-0.2, -0.15) is 0 Å². The van der Waals surface area contributed by atoms with E-state index in [1.807, 2.05) is 0 Å². The molecule has 12 heteroatoms. The van der Waals surface area contributed by atoms with Crippen molar-refractivity contribution in [1.29, 1.82) is 0 Å². The second kappa shape index (κ2) is 39.2. The van der Waals surface area contributed by atoms with E-state index < -0.39 is 24.0 Å². The maximum atomic E-state index is 12.3. The summed E-state index contributed by atoms with van der Waals surface area (Å²) in [4.78, 5) is 45.6. The number of hydrogen-bond acceptors (Lipinski definition) is 8. The molecule has 0 aromatic rings. The van der Waals surface area contributed by atoms with E-state index in [1.54, 1.807) is 0 Å². The van der Waals surface area contributed by atoms with Crippen LogP contribution >= 0.6 is 21.6 Å². The van der Waals surface area contributed by atoms with E-state index >= 15 is 0 Å². The Morgan fingerprint density at radius 3 is 0.827 bits per heavy atom. The van der Waals surface area contributed by atoms with Gasteiger partial charge in [-0.3, -0.25) is 19.2 Å². The smallest absolute Gasteiger partial charge is 0.303 e. The third-order valence-electron chi connectivity index (χ3n) is 9.49. The lowest BCUT2D eigenvalue weighted by Crippen LogP contribution is -2.43. The van der Waals surface area contributed by atoms with Crippen molar-refractivity contribution >= 4 is 45.3 Å². The Hall–Kier alpha value is -1.50. The maximum absolute atomic E-state index is 12.3. The lowest BCUT2D eigenvalue weighted by molar-refractivity contribution is -0.138. The van der Waals surface area contributed by atoms with Crippen LogP contribution in [0.3, 0.4) is 0 Å². The van der Waals surface area contributed by atoms with Crippen molar-refractivity contribution in [2.24, 2.45) is 11.5 Å². The van der Waals surface area contributed by atoms with Gasteiger partial charge in [-0.15, -0.1) is 0 Å². The van der Waals surface area contributed by atoms with Gasteiger partial charge in [0.2, 0.25) is 11.8 Å². The van der Waals surface area contributed by atoms with Crippen LogP contribution in [0, 0.1) is 0 Å². The lowest BCUT2D eigenvalue weighted by Gasteiger charge is -2.14. The van der Waals surface area contributed by atoms with Gasteiger partial charge >= 0.3 is 11.9 Å². The van der Waals surface area contributed by atoms with E-state index in [0.29, 0.717) is 37.4 Å². The molecular formula is C40H78N4O6S2. The summed E-state index contributed by atoms with van der Waals surface area (Å²) in [5.41, 5.74) is 12.1. The van der Waals surface area contributed by atoms with E-state index in [4.69, 9.17) is 21.7 Å². The molecule has 0 aliphatic carbocycles. The largest absolute Gasteiger partial charge is 0.481 e.